The molecule has 0 bridgehead atoms. The summed E-state index contributed by atoms with van der Waals surface area (Å²) in [4.78, 5) is 29.7. The summed E-state index contributed by atoms with van der Waals surface area (Å²) in [6.45, 7) is 1.91. The van der Waals surface area contributed by atoms with E-state index in [4.69, 9.17) is 21.1 Å². The highest BCUT2D eigenvalue weighted by atomic mass is 35.5. The molecule has 5 rings (SSSR count). The highest BCUT2D eigenvalue weighted by Crippen LogP contribution is 2.36. The number of hydrogen-bond acceptors (Lipinski definition) is 8. The van der Waals surface area contributed by atoms with Gasteiger partial charge in [-0.1, -0.05) is 60.1 Å². The van der Waals surface area contributed by atoms with Crippen molar-refractivity contribution in [3.63, 3.8) is 0 Å². The number of aromatic nitrogens is 1. The molecule has 9 nitrogen and oxygen atoms in total. The van der Waals surface area contributed by atoms with E-state index in [0.717, 1.165) is 22.1 Å². The lowest BCUT2D eigenvalue weighted by Gasteiger charge is -2.14. The van der Waals surface area contributed by atoms with Crippen LogP contribution in [0.2, 0.25) is 5.02 Å². The van der Waals surface area contributed by atoms with E-state index < -0.39 is 0 Å². The van der Waals surface area contributed by atoms with Crippen LogP contribution in [0.5, 0.6) is 11.5 Å². The third kappa shape index (κ3) is 8.21. The number of ether oxygens (including phenoxy) is 2. The Balaban J connectivity index is 1.17. The maximum Gasteiger partial charge on any atom is 0.271 e. The fourth-order valence-corrected chi connectivity index (χ4v) is 5.07. The minimum atomic E-state index is -0.377. The number of carbonyl (C=O) groups is 2. The van der Waals surface area contributed by atoms with Gasteiger partial charge in [0.25, 0.3) is 11.8 Å². The fourth-order valence-electron chi connectivity index (χ4n) is 4.05. The van der Waals surface area contributed by atoms with Gasteiger partial charge in [0.15, 0.2) is 23.2 Å². The number of hydrazone groups is 1. The summed E-state index contributed by atoms with van der Waals surface area (Å²) in [5, 5.41) is 13.1. The van der Waals surface area contributed by atoms with E-state index in [1.807, 2.05) is 73.0 Å². The molecular weight excluding hydrogens is 598 g/mol. The van der Waals surface area contributed by atoms with Crippen molar-refractivity contribution in [1.29, 1.82) is 0 Å². The van der Waals surface area contributed by atoms with Gasteiger partial charge >= 0.3 is 0 Å². The molecular formula is C33H28ClN5O4S. The third-order valence-electron chi connectivity index (χ3n) is 6.09. The summed E-state index contributed by atoms with van der Waals surface area (Å²) in [5.41, 5.74) is 6.85. The third-order valence-corrected chi connectivity index (χ3v) is 7.13. The Kier molecular flexibility index (Phi) is 10.2. The number of nitrogens with one attached hydrogen (secondary N) is 3. The first kappa shape index (κ1) is 30.3. The second kappa shape index (κ2) is 14.8. The van der Waals surface area contributed by atoms with Gasteiger partial charge < -0.3 is 20.1 Å². The number of benzene rings is 4. The highest BCUT2D eigenvalue weighted by molar-refractivity contribution is 7.14. The van der Waals surface area contributed by atoms with Crippen molar-refractivity contribution in [3.05, 3.63) is 119 Å². The fraction of sp³-hybridized carbons (Fsp3) is 0.0909. The topological polar surface area (TPSA) is 114 Å². The smallest absolute Gasteiger partial charge is 0.271 e. The summed E-state index contributed by atoms with van der Waals surface area (Å²) < 4.78 is 11.4. The lowest BCUT2D eigenvalue weighted by Crippen LogP contribution is -2.20. The van der Waals surface area contributed by atoms with E-state index in [1.54, 1.807) is 36.4 Å². The normalized spacial score (nSPS) is 10.8. The van der Waals surface area contributed by atoms with Crippen LogP contribution in [-0.4, -0.2) is 36.2 Å². The Hall–Kier alpha value is -5.19. The quantitative estimate of drug-likeness (QED) is 0.0984. The van der Waals surface area contributed by atoms with Gasteiger partial charge in [0.2, 0.25) is 0 Å². The number of rotatable bonds is 12. The van der Waals surface area contributed by atoms with E-state index in [9.17, 15) is 9.59 Å². The first-order chi connectivity index (χ1) is 21.5. The van der Waals surface area contributed by atoms with Crippen molar-refractivity contribution in [2.75, 3.05) is 23.8 Å². The van der Waals surface area contributed by atoms with Crippen molar-refractivity contribution >= 4 is 57.5 Å². The van der Waals surface area contributed by atoms with E-state index in [0.29, 0.717) is 29.2 Å². The minimum absolute atomic E-state index is 0.232. The lowest BCUT2D eigenvalue weighted by molar-refractivity contribution is -0.118. The Morgan fingerprint density at radius 2 is 1.64 bits per heavy atom. The Bertz CT molecular complexity index is 1750. The number of halogens is 1. The average molecular weight is 626 g/mol. The van der Waals surface area contributed by atoms with Crippen molar-refractivity contribution in [2.45, 2.75) is 6.92 Å². The largest absolute Gasteiger partial charge is 0.490 e. The van der Waals surface area contributed by atoms with E-state index in [2.05, 4.69) is 26.1 Å². The Labute approximate surface area is 263 Å². The molecule has 0 aliphatic heterocycles. The average Bonchev–Trinajstić information content (AvgIpc) is 3.50. The molecule has 11 heteroatoms. The molecule has 0 saturated heterocycles. The molecule has 222 valence electrons. The van der Waals surface area contributed by atoms with Gasteiger partial charge in [-0.2, -0.15) is 5.10 Å². The number of hydrogen-bond donors (Lipinski definition) is 3. The zero-order valence-electron chi connectivity index (χ0n) is 23.6. The highest BCUT2D eigenvalue weighted by Gasteiger charge is 2.15. The molecule has 0 atom stereocenters. The second-order valence-corrected chi connectivity index (χ2v) is 10.5. The molecule has 0 spiro atoms. The SMILES string of the molecule is CCOc1cc(/C=N/NC(=O)c2ccc(-c3csc(Nc4ccccc4)n3)cc2)cc(Cl)c1OCC(=O)Nc1ccccc1. The number of carbonyl (C=O) groups excluding carboxylic acids is 2. The van der Waals surface area contributed by atoms with Crippen molar-refractivity contribution in [2.24, 2.45) is 5.10 Å². The lowest BCUT2D eigenvalue weighted by atomic mass is 10.1. The monoisotopic (exact) mass is 625 g/mol. The van der Waals surface area contributed by atoms with Crippen LogP contribution in [0.3, 0.4) is 0 Å². The molecule has 44 heavy (non-hydrogen) atoms. The van der Waals surface area contributed by atoms with E-state index in [-0.39, 0.29) is 29.2 Å². The summed E-state index contributed by atoms with van der Waals surface area (Å²) in [7, 11) is 0. The van der Waals surface area contributed by atoms with Gasteiger partial charge in [0, 0.05) is 27.9 Å². The molecule has 1 heterocycles. The Morgan fingerprint density at radius 1 is 0.932 bits per heavy atom. The van der Waals surface area contributed by atoms with Crippen LogP contribution in [0.4, 0.5) is 16.5 Å². The molecule has 4 aromatic carbocycles. The number of amides is 2. The Morgan fingerprint density at radius 3 is 2.34 bits per heavy atom. The summed E-state index contributed by atoms with van der Waals surface area (Å²) in [5.74, 6) is -0.133. The zero-order valence-corrected chi connectivity index (χ0v) is 25.2. The van der Waals surface area contributed by atoms with Crippen LogP contribution in [0.15, 0.2) is 108 Å². The number of para-hydroxylation sites is 2. The maximum atomic E-state index is 12.7. The second-order valence-electron chi connectivity index (χ2n) is 9.27. The van der Waals surface area contributed by atoms with Crippen LogP contribution in [-0.2, 0) is 4.79 Å². The first-order valence-electron chi connectivity index (χ1n) is 13.6. The van der Waals surface area contributed by atoms with Crippen LogP contribution >= 0.6 is 22.9 Å². The van der Waals surface area contributed by atoms with Gasteiger partial charge in [-0.25, -0.2) is 10.4 Å². The van der Waals surface area contributed by atoms with Crippen LogP contribution in [0.1, 0.15) is 22.8 Å². The van der Waals surface area contributed by atoms with E-state index in [1.165, 1.54) is 17.6 Å². The first-order valence-corrected chi connectivity index (χ1v) is 14.9. The number of anilines is 3. The molecule has 0 saturated carbocycles. The van der Waals surface area contributed by atoms with Crippen LogP contribution in [0.25, 0.3) is 11.3 Å². The van der Waals surface area contributed by atoms with Crippen LogP contribution < -0.4 is 25.5 Å². The van der Waals surface area contributed by atoms with Gasteiger partial charge in [-0.05, 0) is 61.0 Å². The molecule has 2 amide bonds. The summed E-state index contributed by atoms with van der Waals surface area (Å²) >= 11 is 7.97. The number of thiazole rings is 1. The molecule has 1 aromatic heterocycles. The zero-order chi connectivity index (χ0) is 30.7. The molecule has 3 N–H and O–H groups in total. The van der Waals surface area contributed by atoms with Crippen molar-refractivity contribution < 1.29 is 19.1 Å². The molecule has 0 aliphatic rings. The molecule has 5 aromatic rings. The van der Waals surface area contributed by atoms with Crippen molar-refractivity contribution in [1.82, 2.24) is 10.4 Å². The predicted octanol–water partition coefficient (Wildman–Crippen LogP) is 7.39. The van der Waals surface area contributed by atoms with Gasteiger partial charge in [0.05, 0.1) is 23.5 Å². The molecule has 0 aliphatic carbocycles. The van der Waals surface area contributed by atoms with Gasteiger partial charge in [0.1, 0.15) is 0 Å². The summed E-state index contributed by atoms with van der Waals surface area (Å²) in [6, 6.07) is 29.3. The standard InChI is InChI=1S/C33H28ClN5O4S/c1-2-42-29-18-22(17-27(34)31(29)43-20-30(40)36-25-9-5-3-6-10-25)19-35-39-32(41)24-15-13-23(14-16-24)28-21-44-33(38-28)37-26-11-7-4-8-12-26/h3-19,21H,2,20H2,1H3,(H,36,40)(H,37,38)(H,39,41)/b35-19+. The van der Waals surface area contributed by atoms with Gasteiger partial charge in [-0.3, -0.25) is 9.59 Å². The van der Waals surface area contributed by atoms with Crippen molar-refractivity contribution in [3.8, 4) is 22.8 Å². The van der Waals surface area contributed by atoms with E-state index >= 15 is 0 Å². The van der Waals surface area contributed by atoms with Crippen LogP contribution in [0, 0.1) is 0 Å². The molecule has 0 radical (unpaired) electrons. The van der Waals surface area contributed by atoms with Gasteiger partial charge in [-0.15, -0.1) is 11.3 Å². The predicted molar refractivity (Wildman–Crippen MR) is 176 cm³/mol. The molecule has 0 fully saturated rings. The minimum Gasteiger partial charge on any atom is -0.490 e. The summed E-state index contributed by atoms with van der Waals surface area (Å²) in [6.07, 6.45) is 1.45. The molecule has 0 unspecified atom stereocenters. The number of nitrogens with zero attached hydrogens (tertiary/aromatic N) is 2. The maximum absolute atomic E-state index is 12.7.